The molecular weight excluding hydrogens is 292 g/mol. The number of nitrogens with one attached hydrogen (secondary N) is 1. The Labute approximate surface area is 137 Å². The zero-order valence-electron chi connectivity index (χ0n) is 13.7. The van der Waals surface area contributed by atoms with Crippen molar-refractivity contribution >= 4 is 6.03 Å². The van der Waals surface area contributed by atoms with E-state index in [1.54, 1.807) is 0 Å². The number of carbonyl (C=O) groups is 1. The van der Waals surface area contributed by atoms with Gasteiger partial charge in [-0.25, -0.2) is 4.79 Å². The van der Waals surface area contributed by atoms with Crippen LogP contribution in [-0.2, 0) is 9.47 Å². The number of nitrogens with zero attached hydrogens (tertiary/aromatic N) is 1. The van der Waals surface area contributed by atoms with Gasteiger partial charge in [0.05, 0.1) is 18.8 Å². The first-order valence-corrected chi connectivity index (χ1v) is 8.57. The molecule has 2 amide bonds. The molecule has 0 radical (unpaired) electrons. The highest BCUT2D eigenvalue weighted by Gasteiger charge is 2.29. The molecule has 3 unspecified atom stereocenters. The normalized spacial score (nSPS) is 28.4. The summed E-state index contributed by atoms with van der Waals surface area (Å²) in [6.45, 7) is 4.64. The van der Waals surface area contributed by atoms with Crippen molar-refractivity contribution in [2.75, 3.05) is 26.2 Å². The SMILES string of the molecule is CC1CN(C(=O)NCC2CCCCO2)CC(c2ccccc2)O1. The second-order valence-corrected chi connectivity index (χ2v) is 6.43. The fourth-order valence-corrected chi connectivity index (χ4v) is 3.25. The van der Waals surface area contributed by atoms with Crippen LogP contribution in [0.5, 0.6) is 0 Å². The fraction of sp³-hybridized carbons (Fsp3) is 0.611. The minimum absolute atomic E-state index is 0.0183. The fourth-order valence-electron chi connectivity index (χ4n) is 3.25. The lowest BCUT2D eigenvalue weighted by Crippen LogP contribution is -2.51. The Morgan fingerprint density at radius 1 is 1.26 bits per heavy atom. The summed E-state index contributed by atoms with van der Waals surface area (Å²) in [6.07, 6.45) is 3.49. The van der Waals surface area contributed by atoms with Crippen LogP contribution in [0.25, 0.3) is 0 Å². The minimum Gasteiger partial charge on any atom is -0.376 e. The number of hydrogen-bond donors (Lipinski definition) is 1. The first kappa shape index (κ1) is 16.3. The molecule has 0 bridgehead atoms. The molecule has 2 heterocycles. The van der Waals surface area contributed by atoms with Crippen LogP contribution in [0, 0.1) is 0 Å². The quantitative estimate of drug-likeness (QED) is 0.932. The predicted octanol–water partition coefficient (Wildman–Crippen LogP) is 2.73. The van der Waals surface area contributed by atoms with Crippen molar-refractivity contribution in [2.45, 2.75) is 44.5 Å². The third kappa shape index (κ3) is 4.45. The van der Waals surface area contributed by atoms with Crippen LogP contribution in [0.4, 0.5) is 4.79 Å². The van der Waals surface area contributed by atoms with Crippen LogP contribution in [0.15, 0.2) is 30.3 Å². The Balaban J connectivity index is 1.54. The topological polar surface area (TPSA) is 50.8 Å². The molecule has 3 atom stereocenters. The maximum Gasteiger partial charge on any atom is 0.317 e. The van der Waals surface area contributed by atoms with E-state index in [-0.39, 0.29) is 24.3 Å². The van der Waals surface area contributed by atoms with Crippen molar-refractivity contribution in [2.24, 2.45) is 0 Å². The highest BCUT2D eigenvalue weighted by Crippen LogP contribution is 2.25. The van der Waals surface area contributed by atoms with Crippen molar-refractivity contribution in [1.29, 1.82) is 0 Å². The number of carbonyl (C=O) groups excluding carboxylic acids is 1. The van der Waals surface area contributed by atoms with E-state index in [2.05, 4.69) is 17.4 Å². The van der Waals surface area contributed by atoms with E-state index in [1.165, 1.54) is 6.42 Å². The van der Waals surface area contributed by atoms with Crippen LogP contribution < -0.4 is 5.32 Å². The van der Waals surface area contributed by atoms with Gasteiger partial charge in [0.15, 0.2) is 0 Å². The molecule has 3 rings (SSSR count). The second kappa shape index (κ2) is 7.79. The third-order valence-corrected chi connectivity index (χ3v) is 4.47. The molecular formula is C18H26N2O3. The number of rotatable bonds is 3. The smallest absolute Gasteiger partial charge is 0.317 e. The summed E-state index contributed by atoms with van der Waals surface area (Å²) in [5.41, 5.74) is 1.12. The number of ether oxygens (including phenoxy) is 2. The number of amides is 2. The first-order chi connectivity index (χ1) is 11.2. The summed E-state index contributed by atoms with van der Waals surface area (Å²) in [6, 6.07) is 10.1. The van der Waals surface area contributed by atoms with Crippen LogP contribution in [-0.4, -0.2) is 49.4 Å². The van der Waals surface area contributed by atoms with Gasteiger partial charge in [-0.1, -0.05) is 30.3 Å². The number of hydrogen-bond acceptors (Lipinski definition) is 3. The van der Waals surface area contributed by atoms with E-state index >= 15 is 0 Å². The van der Waals surface area contributed by atoms with E-state index in [0.717, 1.165) is 25.0 Å². The second-order valence-electron chi connectivity index (χ2n) is 6.43. The summed E-state index contributed by atoms with van der Waals surface area (Å²) >= 11 is 0. The lowest BCUT2D eigenvalue weighted by atomic mass is 10.1. The zero-order valence-corrected chi connectivity index (χ0v) is 13.7. The van der Waals surface area contributed by atoms with Gasteiger partial charge in [-0.15, -0.1) is 0 Å². The van der Waals surface area contributed by atoms with Gasteiger partial charge in [0, 0.05) is 19.7 Å². The monoisotopic (exact) mass is 318 g/mol. The molecule has 2 saturated heterocycles. The first-order valence-electron chi connectivity index (χ1n) is 8.57. The Bertz CT molecular complexity index is 502. The van der Waals surface area contributed by atoms with Crippen molar-refractivity contribution in [3.05, 3.63) is 35.9 Å². The lowest BCUT2D eigenvalue weighted by molar-refractivity contribution is -0.0661. The maximum absolute atomic E-state index is 12.5. The van der Waals surface area contributed by atoms with Gasteiger partial charge in [-0.05, 0) is 31.7 Å². The Morgan fingerprint density at radius 3 is 2.83 bits per heavy atom. The largest absolute Gasteiger partial charge is 0.376 e. The minimum atomic E-state index is -0.0587. The predicted molar refractivity (Wildman–Crippen MR) is 88.3 cm³/mol. The molecule has 2 fully saturated rings. The van der Waals surface area contributed by atoms with Gasteiger partial charge < -0.3 is 19.7 Å². The molecule has 2 aliphatic rings. The van der Waals surface area contributed by atoms with Gasteiger partial charge in [-0.2, -0.15) is 0 Å². The maximum atomic E-state index is 12.5. The zero-order chi connectivity index (χ0) is 16.1. The standard InChI is InChI=1S/C18H26N2O3/c1-14-12-20(13-17(23-14)15-7-3-2-4-8-15)18(21)19-11-16-9-5-6-10-22-16/h2-4,7-8,14,16-17H,5-6,9-13H2,1H3,(H,19,21). The summed E-state index contributed by atoms with van der Waals surface area (Å²) in [5.74, 6) is 0. The molecule has 23 heavy (non-hydrogen) atoms. The van der Waals surface area contributed by atoms with Gasteiger partial charge in [0.2, 0.25) is 0 Å². The molecule has 0 aromatic heterocycles. The van der Waals surface area contributed by atoms with Gasteiger partial charge in [-0.3, -0.25) is 0 Å². The number of benzene rings is 1. The summed E-state index contributed by atoms with van der Waals surface area (Å²) in [5, 5.41) is 3.02. The average Bonchev–Trinajstić information content (AvgIpc) is 2.61. The van der Waals surface area contributed by atoms with Crippen LogP contribution in [0.2, 0.25) is 0 Å². The van der Waals surface area contributed by atoms with E-state index in [9.17, 15) is 4.79 Å². The molecule has 0 saturated carbocycles. The summed E-state index contributed by atoms with van der Waals surface area (Å²) in [7, 11) is 0. The summed E-state index contributed by atoms with van der Waals surface area (Å²) in [4.78, 5) is 14.3. The van der Waals surface area contributed by atoms with E-state index in [0.29, 0.717) is 19.6 Å². The van der Waals surface area contributed by atoms with Crippen LogP contribution in [0.3, 0.4) is 0 Å². The van der Waals surface area contributed by atoms with Crippen molar-refractivity contribution < 1.29 is 14.3 Å². The van der Waals surface area contributed by atoms with Crippen LogP contribution >= 0.6 is 0 Å². The van der Waals surface area contributed by atoms with Crippen LogP contribution in [0.1, 0.15) is 37.9 Å². The molecule has 1 aromatic carbocycles. The van der Waals surface area contributed by atoms with E-state index < -0.39 is 0 Å². The molecule has 0 aliphatic carbocycles. The van der Waals surface area contributed by atoms with Gasteiger partial charge in [0.1, 0.15) is 6.10 Å². The Kier molecular flexibility index (Phi) is 5.51. The number of morpholine rings is 1. The molecule has 5 nitrogen and oxygen atoms in total. The lowest BCUT2D eigenvalue weighted by Gasteiger charge is -2.37. The van der Waals surface area contributed by atoms with E-state index in [1.807, 2.05) is 30.0 Å². The molecule has 1 N–H and O–H groups in total. The van der Waals surface area contributed by atoms with Crippen molar-refractivity contribution in [1.82, 2.24) is 10.2 Å². The Morgan fingerprint density at radius 2 is 2.09 bits per heavy atom. The molecule has 2 aliphatic heterocycles. The summed E-state index contributed by atoms with van der Waals surface area (Å²) < 4.78 is 11.7. The number of urea groups is 1. The highest BCUT2D eigenvalue weighted by molar-refractivity contribution is 5.74. The molecule has 126 valence electrons. The average molecular weight is 318 g/mol. The van der Waals surface area contributed by atoms with E-state index in [4.69, 9.17) is 9.47 Å². The van der Waals surface area contributed by atoms with Crippen molar-refractivity contribution in [3.8, 4) is 0 Å². The highest BCUT2D eigenvalue weighted by atomic mass is 16.5. The Hall–Kier alpha value is -1.59. The van der Waals surface area contributed by atoms with Gasteiger partial charge in [0.25, 0.3) is 0 Å². The molecule has 0 spiro atoms. The molecule has 1 aromatic rings. The van der Waals surface area contributed by atoms with Gasteiger partial charge >= 0.3 is 6.03 Å². The van der Waals surface area contributed by atoms with Crippen molar-refractivity contribution in [3.63, 3.8) is 0 Å². The molecule has 5 heteroatoms. The third-order valence-electron chi connectivity index (χ3n) is 4.47.